The number of hydrogen-bond donors (Lipinski definition) is 2. The lowest BCUT2D eigenvalue weighted by Gasteiger charge is -2.32. The molecule has 3 rings (SSSR count). The summed E-state index contributed by atoms with van der Waals surface area (Å²) in [5, 5.41) is 2.99. The first-order chi connectivity index (χ1) is 12.0. The first-order valence-electron chi connectivity index (χ1n) is 8.35. The van der Waals surface area contributed by atoms with E-state index in [9.17, 15) is 9.59 Å². The zero-order chi connectivity index (χ0) is 17.8. The summed E-state index contributed by atoms with van der Waals surface area (Å²) in [5.74, 6) is -0.164. The molecule has 7 nitrogen and oxygen atoms in total. The third-order valence-electron chi connectivity index (χ3n) is 4.32. The number of primary amides is 1. The fourth-order valence-electron chi connectivity index (χ4n) is 3.11. The van der Waals surface area contributed by atoms with Gasteiger partial charge in [0.1, 0.15) is 0 Å². The number of carbonyl (C=O) groups is 2. The minimum Gasteiger partial charge on any atom is -0.443 e. The molecule has 0 saturated carbocycles. The number of amides is 2. The van der Waals surface area contributed by atoms with E-state index in [1.807, 2.05) is 36.1 Å². The fraction of sp³-hybridized carbons (Fsp3) is 0.389. The van der Waals surface area contributed by atoms with Gasteiger partial charge in [-0.1, -0.05) is 29.8 Å². The number of nitrogens with one attached hydrogen (secondary N) is 1. The molecule has 1 aromatic heterocycles. The van der Waals surface area contributed by atoms with Gasteiger partial charge in [0.15, 0.2) is 17.8 Å². The Bertz CT molecular complexity index is 754. The number of nitrogens with two attached hydrogens (primary N) is 1. The van der Waals surface area contributed by atoms with Crippen molar-refractivity contribution in [3.05, 3.63) is 41.9 Å². The van der Waals surface area contributed by atoms with Crippen molar-refractivity contribution in [1.82, 2.24) is 15.2 Å². The van der Waals surface area contributed by atoms with Crippen LogP contribution in [-0.2, 0) is 4.79 Å². The Morgan fingerprint density at radius 2 is 2.12 bits per heavy atom. The van der Waals surface area contributed by atoms with Crippen LogP contribution in [-0.4, -0.2) is 47.4 Å². The molecule has 7 heteroatoms. The van der Waals surface area contributed by atoms with Crippen molar-refractivity contribution in [2.75, 3.05) is 19.6 Å². The molecule has 1 atom stereocenters. The molecule has 132 valence electrons. The van der Waals surface area contributed by atoms with Crippen molar-refractivity contribution >= 4 is 11.8 Å². The summed E-state index contributed by atoms with van der Waals surface area (Å²) in [7, 11) is 0. The molecule has 2 aromatic rings. The van der Waals surface area contributed by atoms with E-state index in [-0.39, 0.29) is 30.1 Å². The Morgan fingerprint density at radius 3 is 2.84 bits per heavy atom. The molecule has 1 aliphatic rings. The fourth-order valence-corrected chi connectivity index (χ4v) is 3.11. The molecule has 2 heterocycles. The number of nitrogens with zero attached hydrogens (tertiary/aromatic N) is 2. The Morgan fingerprint density at radius 1 is 1.36 bits per heavy atom. The number of benzene rings is 1. The highest BCUT2D eigenvalue weighted by molar-refractivity contribution is 5.97. The number of piperidine rings is 1. The van der Waals surface area contributed by atoms with E-state index in [2.05, 4.69) is 10.3 Å². The maximum Gasteiger partial charge on any atom is 0.274 e. The van der Waals surface area contributed by atoms with Gasteiger partial charge in [0.2, 0.25) is 5.91 Å². The molecule has 2 amide bonds. The maximum atomic E-state index is 12.6. The van der Waals surface area contributed by atoms with Gasteiger partial charge in [-0.05, 0) is 26.3 Å². The number of aromatic nitrogens is 1. The molecule has 3 N–H and O–H groups in total. The second kappa shape index (κ2) is 7.48. The molecular weight excluding hydrogens is 320 g/mol. The summed E-state index contributed by atoms with van der Waals surface area (Å²) in [6, 6.07) is 7.69. The lowest BCUT2D eigenvalue weighted by atomic mass is 10.0. The second-order valence-electron chi connectivity index (χ2n) is 6.41. The van der Waals surface area contributed by atoms with Gasteiger partial charge < -0.3 is 15.5 Å². The van der Waals surface area contributed by atoms with Crippen LogP contribution < -0.4 is 11.1 Å². The van der Waals surface area contributed by atoms with E-state index in [0.29, 0.717) is 12.3 Å². The van der Waals surface area contributed by atoms with Gasteiger partial charge in [0.05, 0.1) is 6.54 Å². The molecular formula is C18H22N4O3. The van der Waals surface area contributed by atoms with Gasteiger partial charge in [-0.25, -0.2) is 4.98 Å². The Hall–Kier alpha value is -2.67. The lowest BCUT2D eigenvalue weighted by Crippen LogP contribution is -2.49. The SMILES string of the molecule is Cc1ccc(-c2ocnc2C(=O)N[C@@H]2CCCN(CC(N)=O)C2)cc1. The summed E-state index contributed by atoms with van der Waals surface area (Å²) in [6.07, 6.45) is 3.05. The third kappa shape index (κ3) is 4.24. The van der Waals surface area contributed by atoms with Crippen molar-refractivity contribution in [1.29, 1.82) is 0 Å². The molecule has 0 spiro atoms. The van der Waals surface area contributed by atoms with E-state index in [1.54, 1.807) is 0 Å². The smallest absolute Gasteiger partial charge is 0.274 e. The Labute approximate surface area is 146 Å². The van der Waals surface area contributed by atoms with Crippen molar-refractivity contribution < 1.29 is 14.0 Å². The van der Waals surface area contributed by atoms with Crippen LogP contribution in [0.2, 0.25) is 0 Å². The Balaban J connectivity index is 1.69. The van der Waals surface area contributed by atoms with Gasteiger partial charge >= 0.3 is 0 Å². The first kappa shape index (κ1) is 17.2. The number of oxazole rings is 1. The van der Waals surface area contributed by atoms with Gasteiger partial charge in [-0.2, -0.15) is 0 Å². The highest BCUT2D eigenvalue weighted by atomic mass is 16.3. The number of likely N-dealkylation sites (tertiary alicyclic amines) is 1. The number of hydrogen-bond acceptors (Lipinski definition) is 5. The van der Waals surface area contributed by atoms with Gasteiger partial charge in [-0.15, -0.1) is 0 Å². The predicted octanol–water partition coefficient (Wildman–Crippen LogP) is 1.33. The van der Waals surface area contributed by atoms with Crippen LogP contribution in [0, 0.1) is 6.92 Å². The summed E-state index contributed by atoms with van der Waals surface area (Å²) in [6.45, 7) is 3.63. The molecule has 0 aliphatic carbocycles. The molecule has 1 aliphatic heterocycles. The van der Waals surface area contributed by atoms with E-state index in [0.717, 1.165) is 30.5 Å². The molecule has 1 fully saturated rings. The van der Waals surface area contributed by atoms with E-state index >= 15 is 0 Å². The van der Waals surface area contributed by atoms with E-state index in [1.165, 1.54) is 6.39 Å². The first-order valence-corrected chi connectivity index (χ1v) is 8.35. The predicted molar refractivity (Wildman–Crippen MR) is 92.8 cm³/mol. The second-order valence-corrected chi connectivity index (χ2v) is 6.41. The monoisotopic (exact) mass is 342 g/mol. The van der Waals surface area contributed by atoms with Gasteiger partial charge in [0.25, 0.3) is 5.91 Å². The molecule has 0 radical (unpaired) electrons. The van der Waals surface area contributed by atoms with Crippen LogP contribution in [0.1, 0.15) is 28.9 Å². The average molecular weight is 342 g/mol. The van der Waals surface area contributed by atoms with Crippen LogP contribution >= 0.6 is 0 Å². The van der Waals surface area contributed by atoms with Crippen molar-refractivity contribution in [3.63, 3.8) is 0 Å². The maximum absolute atomic E-state index is 12.6. The highest BCUT2D eigenvalue weighted by Gasteiger charge is 2.25. The van der Waals surface area contributed by atoms with Crippen LogP contribution in [0.25, 0.3) is 11.3 Å². The minimum absolute atomic E-state index is 0.0387. The zero-order valence-corrected chi connectivity index (χ0v) is 14.2. The number of carbonyl (C=O) groups excluding carboxylic acids is 2. The molecule has 1 aromatic carbocycles. The topological polar surface area (TPSA) is 101 Å². The average Bonchev–Trinajstić information content (AvgIpc) is 3.05. The number of aryl methyl sites for hydroxylation is 1. The third-order valence-corrected chi connectivity index (χ3v) is 4.32. The standard InChI is InChI=1S/C18H22N4O3/c1-12-4-6-13(7-5-12)17-16(20-11-25-17)18(24)21-14-3-2-8-22(9-14)10-15(19)23/h4-7,11,14H,2-3,8-10H2,1H3,(H2,19,23)(H,21,24)/t14-/m1/s1. The summed E-state index contributed by atoms with van der Waals surface area (Å²) in [5.41, 5.74) is 7.47. The normalized spacial score (nSPS) is 18.0. The van der Waals surface area contributed by atoms with Crippen LogP contribution in [0.4, 0.5) is 0 Å². The molecule has 0 unspecified atom stereocenters. The van der Waals surface area contributed by atoms with Crippen molar-refractivity contribution in [2.45, 2.75) is 25.8 Å². The molecule has 0 bridgehead atoms. The quantitative estimate of drug-likeness (QED) is 0.853. The lowest BCUT2D eigenvalue weighted by molar-refractivity contribution is -0.119. The summed E-state index contributed by atoms with van der Waals surface area (Å²) >= 11 is 0. The van der Waals surface area contributed by atoms with Gasteiger partial charge in [0, 0.05) is 18.2 Å². The van der Waals surface area contributed by atoms with Crippen molar-refractivity contribution in [3.8, 4) is 11.3 Å². The van der Waals surface area contributed by atoms with Crippen LogP contribution in [0.15, 0.2) is 35.1 Å². The van der Waals surface area contributed by atoms with Crippen molar-refractivity contribution in [2.24, 2.45) is 5.73 Å². The highest BCUT2D eigenvalue weighted by Crippen LogP contribution is 2.23. The summed E-state index contributed by atoms with van der Waals surface area (Å²) < 4.78 is 5.43. The van der Waals surface area contributed by atoms with Gasteiger partial charge in [-0.3, -0.25) is 14.5 Å². The molecule has 1 saturated heterocycles. The van der Waals surface area contributed by atoms with Crippen LogP contribution in [0.5, 0.6) is 0 Å². The number of rotatable bonds is 5. The van der Waals surface area contributed by atoms with E-state index < -0.39 is 0 Å². The zero-order valence-electron chi connectivity index (χ0n) is 14.2. The minimum atomic E-state index is -0.356. The summed E-state index contributed by atoms with van der Waals surface area (Å²) in [4.78, 5) is 29.7. The van der Waals surface area contributed by atoms with E-state index in [4.69, 9.17) is 10.2 Å². The molecule has 25 heavy (non-hydrogen) atoms. The largest absolute Gasteiger partial charge is 0.443 e. The van der Waals surface area contributed by atoms with Crippen LogP contribution in [0.3, 0.4) is 0 Å². The Kier molecular flexibility index (Phi) is 5.14.